The first-order valence-corrected chi connectivity index (χ1v) is 6.48. The van der Waals surface area contributed by atoms with Crippen LogP contribution in [0.4, 0.5) is 14.5 Å². The summed E-state index contributed by atoms with van der Waals surface area (Å²) in [5.74, 6) is -4.56. The molecule has 0 aliphatic heterocycles. The highest BCUT2D eigenvalue weighted by molar-refractivity contribution is 5.95. The van der Waals surface area contributed by atoms with Crippen LogP contribution < -0.4 is 5.32 Å². The molecule has 0 heterocycles. The van der Waals surface area contributed by atoms with Gasteiger partial charge < -0.3 is 10.4 Å². The smallest absolute Gasteiger partial charge is 0.307 e. The molecule has 0 spiro atoms. The van der Waals surface area contributed by atoms with Gasteiger partial charge in [0, 0.05) is 6.07 Å². The van der Waals surface area contributed by atoms with Gasteiger partial charge >= 0.3 is 5.97 Å². The van der Waals surface area contributed by atoms with Crippen LogP contribution in [0.2, 0.25) is 0 Å². The maximum absolute atomic E-state index is 13.5. The predicted octanol–water partition coefficient (Wildman–Crippen LogP) is 2.79. The summed E-state index contributed by atoms with van der Waals surface area (Å²) in [5.41, 5.74) is -0.133. The number of rotatable bonds is 3. The van der Waals surface area contributed by atoms with Gasteiger partial charge in [0.1, 0.15) is 11.6 Å². The molecule has 0 saturated heterocycles. The third kappa shape index (κ3) is 3.12. The second kappa shape index (κ2) is 5.98. The lowest BCUT2D eigenvalue weighted by Crippen LogP contribution is -2.36. The second-order valence-corrected chi connectivity index (χ2v) is 4.95. The number of benzene rings is 1. The molecule has 2 N–H and O–H groups in total. The van der Waals surface area contributed by atoms with Gasteiger partial charge in [-0.25, -0.2) is 8.78 Å². The highest BCUT2D eigenvalue weighted by atomic mass is 19.1. The molecule has 108 valence electrons. The number of carboxylic acids is 1. The van der Waals surface area contributed by atoms with Gasteiger partial charge in [-0.05, 0) is 25.0 Å². The van der Waals surface area contributed by atoms with Crippen LogP contribution in [-0.4, -0.2) is 17.0 Å². The minimum Gasteiger partial charge on any atom is -0.481 e. The van der Waals surface area contributed by atoms with Gasteiger partial charge in [-0.15, -0.1) is 0 Å². The van der Waals surface area contributed by atoms with E-state index in [0.717, 1.165) is 25.0 Å². The number of amides is 1. The minimum absolute atomic E-state index is 0.133. The fourth-order valence-corrected chi connectivity index (χ4v) is 2.56. The molecular formula is C14H15F2NO3. The maximum Gasteiger partial charge on any atom is 0.307 e. The van der Waals surface area contributed by atoms with Crippen molar-refractivity contribution >= 4 is 17.6 Å². The maximum atomic E-state index is 13.5. The van der Waals surface area contributed by atoms with Crippen LogP contribution in [-0.2, 0) is 9.59 Å². The molecule has 4 nitrogen and oxygen atoms in total. The van der Waals surface area contributed by atoms with E-state index in [0.29, 0.717) is 18.9 Å². The summed E-state index contributed by atoms with van der Waals surface area (Å²) in [6.07, 6.45) is 2.45. The van der Waals surface area contributed by atoms with E-state index in [1.807, 2.05) is 0 Å². The molecule has 1 fully saturated rings. The van der Waals surface area contributed by atoms with Crippen LogP contribution in [0.15, 0.2) is 18.2 Å². The van der Waals surface area contributed by atoms with E-state index < -0.39 is 35.3 Å². The van der Waals surface area contributed by atoms with Crippen molar-refractivity contribution in [2.45, 2.75) is 25.7 Å². The lowest BCUT2D eigenvalue weighted by Gasteiger charge is -2.27. The number of anilines is 1. The number of carbonyl (C=O) groups is 2. The summed E-state index contributed by atoms with van der Waals surface area (Å²) in [6.45, 7) is 0. The SMILES string of the molecule is O=C(O)[C@H]1CCCC[C@@H]1C(=O)Nc1ccc(F)cc1F. The fraction of sp³-hybridized carbons (Fsp3) is 0.429. The van der Waals surface area contributed by atoms with Gasteiger partial charge in [0.2, 0.25) is 5.91 Å². The van der Waals surface area contributed by atoms with Crippen molar-refractivity contribution in [2.24, 2.45) is 11.8 Å². The van der Waals surface area contributed by atoms with Gasteiger partial charge in [0.25, 0.3) is 0 Å². The molecule has 1 saturated carbocycles. The molecule has 20 heavy (non-hydrogen) atoms. The van der Waals surface area contributed by atoms with Gasteiger partial charge in [-0.3, -0.25) is 9.59 Å². The molecule has 1 aromatic rings. The Hall–Kier alpha value is -1.98. The highest BCUT2D eigenvalue weighted by Gasteiger charge is 2.35. The summed E-state index contributed by atoms with van der Waals surface area (Å²) >= 11 is 0. The van der Waals surface area contributed by atoms with Crippen LogP contribution in [0, 0.1) is 23.5 Å². The first-order valence-electron chi connectivity index (χ1n) is 6.48. The van der Waals surface area contributed by atoms with E-state index in [1.165, 1.54) is 0 Å². The molecule has 1 aromatic carbocycles. The molecule has 2 rings (SSSR count). The molecule has 1 aliphatic rings. The number of nitrogens with one attached hydrogen (secondary N) is 1. The van der Waals surface area contributed by atoms with E-state index in [9.17, 15) is 18.4 Å². The average molecular weight is 283 g/mol. The van der Waals surface area contributed by atoms with Crippen LogP contribution in [0.5, 0.6) is 0 Å². The first kappa shape index (κ1) is 14.4. The Morgan fingerprint density at radius 2 is 1.80 bits per heavy atom. The van der Waals surface area contributed by atoms with Gasteiger partial charge in [0.15, 0.2) is 0 Å². The van der Waals surface area contributed by atoms with Crippen molar-refractivity contribution in [1.82, 2.24) is 0 Å². The Morgan fingerprint density at radius 1 is 1.15 bits per heavy atom. The number of carbonyl (C=O) groups excluding carboxylic acids is 1. The molecule has 0 aromatic heterocycles. The highest BCUT2D eigenvalue weighted by Crippen LogP contribution is 2.31. The first-order chi connectivity index (χ1) is 9.49. The average Bonchev–Trinajstić information content (AvgIpc) is 2.41. The van der Waals surface area contributed by atoms with Crippen molar-refractivity contribution in [3.63, 3.8) is 0 Å². The summed E-state index contributed by atoms with van der Waals surface area (Å²) in [6, 6.07) is 2.83. The van der Waals surface area contributed by atoms with E-state index in [1.54, 1.807) is 0 Å². The molecule has 0 unspecified atom stereocenters. The van der Waals surface area contributed by atoms with Crippen molar-refractivity contribution in [3.05, 3.63) is 29.8 Å². The number of halogens is 2. The summed E-state index contributed by atoms with van der Waals surface area (Å²) < 4.78 is 26.2. The topological polar surface area (TPSA) is 66.4 Å². The molecular weight excluding hydrogens is 268 g/mol. The number of aliphatic carboxylic acids is 1. The molecule has 2 atom stereocenters. The molecule has 0 bridgehead atoms. The lowest BCUT2D eigenvalue weighted by atomic mass is 9.78. The predicted molar refractivity (Wildman–Crippen MR) is 68.1 cm³/mol. The van der Waals surface area contributed by atoms with E-state index in [-0.39, 0.29) is 5.69 Å². The number of carboxylic acid groups (broad SMARTS) is 1. The lowest BCUT2D eigenvalue weighted by molar-refractivity contribution is -0.147. The molecule has 1 amide bonds. The van der Waals surface area contributed by atoms with Crippen LogP contribution in [0.1, 0.15) is 25.7 Å². The molecule has 1 aliphatic carbocycles. The van der Waals surface area contributed by atoms with Crippen LogP contribution in [0.3, 0.4) is 0 Å². The van der Waals surface area contributed by atoms with Crippen LogP contribution >= 0.6 is 0 Å². The van der Waals surface area contributed by atoms with Crippen molar-refractivity contribution < 1.29 is 23.5 Å². The minimum atomic E-state index is -1.01. The summed E-state index contributed by atoms with van der Waals surface area (Å²) in [7, 11) is 0. The molecule has 6 heteroatoms. The van der Waals surface area contributed by atoms with Crippen molar-refractivity contribution in [1.29, 1.82) is 0 Å². The number of hydrogen-bond donors (Lipinski definition) is 2. The normalized spacial score (nSPS) is 22.3. The Labute approximate surface area is 114 Å². The zero-order valence-corrected chi connectivity index (χ0v) is 10.7. The third-order valence-electron chi connectivity index (χ3n) is 3.61. The van der Waals surface area contributed by atoms with Crippen molar-refractivity contribution in [3.8, 4) is 0 Å². The third-order valence-corrected chi connectivity index (χ3v) is 3.61. The Balaban J connectivity index is 2.12. The zero-order valence-electron chi connectivity index (χ0n) is 10.7. The monoisotopic (exact) mass is 283 g/mol. The van der Waals surface area contributed by atoms with Gasteiger partial charge in [0.05, 0.1) is 17.5 Å². The summed E-state index contributed by atoms with van der Waals surface area (Å²) in [5, 5.41) is 11.5. The fourth-order valence-electron chi connectivity index (χ4n) is 2.56. The van der Waals surface area contributed by atoms with E-state index >= 15 is 0 Å². The van der Waals surface area contributed by atoms with Crippen LogP contribution in [0.25, 0.3) is 0 Å². The summed E-state index contributed by atoms with van der Waals surface area (Å²) in [4.78, 5) is 23.2. The Bertz CT molecular complexity index is 533. The quantitative estimate of drug-likeness (QED) is 0.896. The van der Waals surface area contributed by atoms with E-state index in [2.05, 4.69) is 5.32 Å². The zero-order chi connectivity index (χ0) is 14.7. The Morgan fingerprint density at radius 3 is 2.40 bits per heavy atom. The Kier molecular flexibility index (Phi) is 4.32. The number of hydrogen-bond acceptors (Lipinski definition) is 2. The second-order valence-electron chi connectivity index (χ2n) is 4.95. The molecule has 0 radical (unpaired) electrons. The standard InChI is InChI=1S/C14H15F2NO3/c15-8-5-6-12(11(16)7-8)17-13(18)9-3-1-2-4-10(9)14(19)20/h5-7,9-10H,1-4H2,(H,17,18)(H,19,20)/t9-,10-/m0/s1. The largest absolute Gasteiger partial charge is 0.481 e. The van der Waals surface area contributed by atoms with E-state index in [4.69, 9.17) is 5.11 Å². The van der Waals surface area contributed by atoms with Gasteiger partial charge in [-0.2, -0.15) is 0 Å². The van der Waals surface area contributed by atoms with Crippen molar-refractivity contribution in [2.75, 3.05) is 5.32 Å². The van der Waals surface area contributed by atoms with Gasteiger partial charge in [-0.1, -0.05) is 12.8 Å².